The van der Waals surface area contributed by atoms with Crippen LogP contribution in [0.4, 0.5) is 9.70 Å². The first-order valence-corrected chi connectivity index (χ1v) is 6.67. The molecule has 0 amide bonds. The van der Waals surface area contributed by atoms with Crippen LogP contribution in [-0.2, 0) is 15.0 Å². The van der Waals surface area contributed by atoms with Crippen molar-refractivity contribution in [2.75, 3.05) is 18.5 Å². The summed E-state index contributed by atoms with van der Waals surface area (Å²) < 4.78 is 39.1. The lowest BCUT2D eigenvalue weighted by Crippen LogP contribution is -2.20. The molecule has 0 saturated carbocycles. The predicted octanol–water partition coefficient (Wildman–Crippen LogP) is 1.59. The van der Waals surface area contributed by atoms with E-state index in [0.717, 1.165) is 18.7 Å². The Labute approximate surface area is 103 Å². The van der Waals surface area contributed by atoms with E-state index in [0.29, 0.717) is 19.0 Å². The molecule has 94 valence electrons. The smallest absolute Gasteiger partial charge is 0.333 e. The summed E-state index contributed by atoms with van der Waals surface area (Å²) in [5, 5.41) is 3.07. The second-order valence-electron chi connectivity index (χ2n) is 3.64. The molecule has 0 aliphatic carbocycles. The normalized spacial score (nSPS) is 20.5. The van der Waals surface area contributed by atoms with Crippen molar-refractivity contribution >= 4 is 27.6 Å². The van der Waals surface area contributed by atoms with Crippen molar-refractivity contribution in [3.05, 3.63) is 17.3 Å². The number of nitrogens with one attached hydrogen (secondary N) is 1. The topological polar surface area (TPSA) is 68.3 Å². The number of ether oxygens (including phenoxy) is 1. The van der Waals surface area contributed by atoms with Crippen LogP contribution in [0, 0.1) is 0 Å². The molecule has 0 aromatic carbocycles. The highest BCUT2D eigenvalue weighted by atomic mass is 35.5. The highest BCUT2D eigenvalue weighted by molar-refractivity contribution is 7.86. The molecule has 1 N–H and O–H groups in total. The number of aromatic nitrogens is 1. The van der Waals surface area contributed by atoms with Gasteiger partial charge in [-0.3, -0.25) is 0 Å². The van der Waals surface area contributed by atoms with Gasteiger partial charge in [-0.25, -0.2) is 4.98 Å². The summed E-state index contributed by atoms with van der Waals surface area (Å²) in [7, 11) is -4.77. The van der Waals surface area contributed by atoms with Crippen LogP contribution in [0.1, 0.15) is 6.42 Å². The van der Waals surface area contributed by atoms with Gasteiger partial charge in [0.05, 0.1) is 23.9 Å². The van der Waals surface area contributed by atoms with Gasteiger partial charge in [0, 0.05) is 6.61 Å². The first-order chi connectivity index (χ1) is 7.97. The molecule has 1 atom stereocenters. The highest BCUT2D eigenvalue weighted by Crippen LogP contribution is 2.25. The third-order valence-corrected chi connectivity index (χ3v) is 3.44. The number of pyridine rings is 1. The Morgan fingerprint density at radius 1 is 1.59 bits per heavy atom. The average molecular weight is 281 g/mol. The second-order valence-corrected chi connectivity index (χ2v) is 5.40. The van der Waals surface area contributed by atoms with E-state index in [1.807, 2.05) is 0 Å². The summed E-state index contributed by atoms with van der Waals surface area (Å²) >= 11 is 5.82. The van der Waals surface area contributed by atoms with E-state index in [1.54, 1.807) is 0 Å². The lowest BCUT2D eigenvalue weighted by Gasteiger charge is -2.12. The zero-order valence-electron chi connectivity index (χ0n) is 8.69. The van der Waals surface area contributed by atoms with Crippen molar-refractivity contribution in [1.29, 1.82) is 0 Å². The van der Waals surface area contributed by atoms with E-state index in [4.69, 9.17) is 16.3 Å². The van der Waals surface area contributed by atoms with E-state index in [-0.39, 0.29) is 11.1 Å². The molecule has 2 rings (SSSR count). The fourth-order valence-corrected chi connectivity index (χ4v) is 2.22. The van der Waals surface area contributed by atoms with Crippen molar-refractivity contribution < 1.29 is 17.0 Å². The van der Waals surface area contributed by atoms with Crippen molar-refractivity contribution in [1.82, 2.24) is 4.98 Å². The minimum Gasteiger partial charge on any atom is -0.379 e. The van der Waals surface area contributed by atoms with Crippen molar-refractivity contribution in [3.8, 4) is 0 Å². The van der Waals surface area contributed by atoms with Crippen LogP contribution < -0.4 is 5.32 Å². The SMILES string of the molecule is O=S(=O)(F)c1cnc(NC2CCOC2)c(Cl)c1. The van der Waals surface area contributed by atoms with Crippen LogP contribution in [0.2, 0.25) is 5.02 Å². The van der Waals surface area contributed by atoms with Gasteiger partial charge < -0.3 is 10.1 Å². The van der Waals surface area contributed by atoms with E-state index in [9.17, 15) is 12.3 Å². The molecule has 0 spiro atoms. The van der Waals surface area contributed by atoms with Gasteiger partial charge in [-0.1, -0.05) is 11.6 Å². The van der Waals surface area contributed by atoms with Gasteiger partial charge in [0.2, 0.25) is 0 Å². The Balaban J connectivity index is 2.19. The van der Waals surface area contributed by atoms with Crippen LogP contribution in [0.25, 0.3) is 0 Å². The molecular weight excluding hydrogens is 271 g/mol. The number of nitrogens with zero attached hydrogens (tertiary/aromatic N) is 1. The third kappa shape index (κ3) is 3.05. The fourth-order valence-electron chi connectivity index (χ4n) is 1.50. The maximum Gasteiger partial charge on any atom is 0.333 e. The molecule has 1 aliphatic heterocycles. The molecule has 17 heavy (non-hydrogen) atoms. The van der Waals surface area contributed by atoms with Crippen LogP contribution in [0.3, 0.4) is 0 Å². The molecule has 0 bridgehead atoms. The Morgan fingerprint density at radius 3 is 2.88 bits per heavy atom. The summed E-state index contributed by atoms with van der Waals surface area (Å²) in [5.74, 6) is 0.328. The van der Waals surface area contributed by atoms with Gasteiger partial charge in [-0.15, -0.1) is 3.89 Å². The summed E-state index contributed by atoms with van der Waals surface area (Å²) in [4.78, 5) is 3.24. The summed E-state index contributed by atoms with van der Waals surface area (Å²) in [6.07, 6.45) is 1.75. The van der Waals surface area contributed by atoms with Crippen LogP contribution in [-0.4, -0.2) is 32.7 Å². The van der Waals surface area contributed by atoms with Gasteiger partial charge in [0.15, 0.2) is 0 Å². The Hall–Kier alpha value is -0.920. The number of hydrogen-bond donors (Lipinski definition) is 1. The first-order valence-electron chi connectivity index (χ1n) is 4.91. The molecule has 1 aromatic heterocycles. The Morgan fingerprint density at radius 2 is 2.35 bits per heavy atom. The van der Waals surface area contributed by atoms with Crippen molar-refractivity contribution in [2.24, 2.45) is 0 Å². The van der Waals surface area contributed by atoms with E-state index >= 15 is 0 Å². The molecule has 0 radical (unpaired) electrons. The predicted molar refractivity (Wildman–Crippen MR) is 60.4 cm³/mol. The standard InChI is InChI=1S/C9H10ClFN2O3S/c10-8-3-7(17(11,14)15)4-12-9(8)13-6-1-2-16-5-6/h3-4,6H,1-2,5H2,(H,12,13). The van der Waals surface area contributed by atoms with Gasteiger partial charge in [0.1, 0.15) is 10.7 Å². The summed E-state index contributed by atoms with van der Waals surface area (Å²) in [6, 6.07) is 1.12. The van der Waals surface area contributed by atoms with Crippen molar-refractivity contribution in [2.45, 2.75) is 17.4 Å². The zero-order valence-corrected chi connectivity index (χ0v) is 10.3. The van der Waals surface area contributed by atoms with Gasteiger partial charge in [-0.05, 0) is 12.5 Å². The molecule has 1 aromatic rings. The third-order valence-electron chi connectivity index (χ3n) is 2.37. The van der Waals surface area contributed by atoms with Crippen LogP contribution in [0.5, 0.6) is 0 Å². The molecule has 1 fully saturated rings. The van der Waals surface area contributed by atoms with Gasteiger partial charge >= 0.3 is 10.2 Å². The molecule has 1 saturated heterocycles. The lowest BCUT2D eigenvalue weighted by molar-refractivity contribution is 0.195. The van der Waals surface area contributed by atoms with E-state index in [1.165, 1.54) is 0 Å². The van der Waals surface area contributed by atoms with E-state index in [2.05, 4.69) is 10.3 Å². The zero-order chi connectivity index (χ0) is 12.5. The lowest BCUT2D eigenvalue weighted by atomic mass is 10.2. The molecule has 8 heteroatoms. The largest absolute Gasteiger partial charge is 0.379 e. The molecule has 1 unspecified atom stereocenters. The first kappa shape index (κ1) is 12.5. The van der Waals surface area contributed by atoms with Crippen LogP contribution >= 0.6 is 11.6 Å². The number of anilines is 1. The van der Waals surface area contributed by atoms with Crippen molar-refractivity contribution in [3.63, 3.8) is 0 Å². The quantitative estimate of drug-likeness (QED) is 0.852. The van der Waals surface area contributed by atoms with Crippen LogP contribution in [0.15, 0.2) is 17.2 Å². The maximum atomic E-state index is 12.7. The van der Waals surface area contributed by atoms with E-state index < -0.39 is 15.1 Å². The number of hydrogen-bond acceptors (Lipinski definition) is 5. The second kappa shape index (κ2) is 4.75. The minimum atomic E-state index is -4.77. The van der Waals surface area contributed by atoms with Gasteiger partial charge in [0.25, 0.3) is 0 Å². The minimum absolute atomic E-state index is 0.0654. The monoisotopic (exact) mass is 280 g/mol. The molecule has 1 aliphatic rings. The Kier molecular flexibility index (Phi) is 3.50. The summed E-state index contributed by atoms with van der Waals surface area (Å²) in [5.41, 5.74) is 0. The number of halogens is 2. The fraction of sp³-hybridized carbons (Fsp3) is 0.444. The molecular formula is C9H10ClFN2O3S. The molecule has 5 nitrogen and oxygen atoms in total. The highest BCUT2D eigenvalue weighted by Gasteiger charge is 2.19. The van der Waals surface area contributed by atoms with Gasteiger partial charge in [-0.2, -0.15) is 8.42 Å². The summed E-state index contributed by atoms with van der Waals surface area (Å²) in [6.45, 7) is 1.20. The maximum absolute atomic E-state index is 12.7. The molecule has 2 heterocycles. The average Bonchev–Trinajstić information content (AvgIpc) is 2.72. The Bertz CT molecular complexity index is 517. The number of rotatable bonds is 3.